The lowest BCUT2D eigenvalue weighted by molar-refractivity contribution is -0.139. The number of para-hydroxylation sites is 1. The van der Waals surface area contributed by atoms with Gasteiger partial charge >= 0.3 is 0 Å². The van der Waals surface area contributed by atoms with Gasteiger partial charge in [0.2, 0.25) is 0 Å². The normalized spacial score (nSPS) is 17.9. The Morgan fingerprint density at radius 2 is 2.00 bits per heavy atom. The Bertz CT molecular complexity index is 1010. The second-order valence-corrected chi connectivity index (χ2v) is 7.91. The minimum Gasteiger partial charge on any atom is -0.361 e. The molecule has 1 aromatic carbocycles. The van der Waals surface area contributed by atoms with Gasteiger partial charge in [-0.2, -0.15) is 5.10 Å². The average molecular weight is 410 g/mol. The van der Waals surface area contributed by atoms with Gasteiger partial charge in [0.25, 0.3) is 5.91 Å². The molecule has 0 bridgehead atoms. The largest absolute Gasteiger partial charge is 0.361 e. The quantitative estimate of drug-likeness (QED) is 0.620. The van der Waals surface area contributed by atoms with E-state index >= 15 is 0 Å². The first-order valence-corrected chi connectivity index (χ1v) is 9.96. The molecule has 0 N–H and O–H groups in total. The molecule has 8 heteroatoms. The Morgan fingerprint density at radius 3 is 2.63 bits per heavy atom. The molecular formula is C22H26N4O4. The van der Waals surface area contributed by atoms with Crippen molar-refractivity contribution >= 4 is 5.91 Å². The molecule has 8 nitrogen and oxygen atoms in total. The van der Waals surface area contributed by atoms with Gasteiger partial charge in [-0.3, -0.25) is 4.79 Å². The van der Waals surface area contributed by atoms with Crippen LogP contribution in [0.5, 0.6) is 0 Å². The molecule has 1 aliphatic heterocycles. The zero-order chi connectivity index (χ0) is 21.3. The van der Waals surface area contributed by atoms with Gasteiger partial charge in [0.1, 0.15) is 17.4 Å². The number of aromatic nitrogens is 3. The number of hydrogen-bond acceptors (Lipinski definition) is 6. The summed E-state index contributed by atoms with van der Waals surface area (Å²) in [6.45, 7) is 8.43. The lowest BCUT2D eigenvalue weighted by Gasteiger charge is -2.26. The number of rotatable bonds is 6. The highest BCUT2D eigenvalue weighted by Crippen LogP contribution is 2.25. The number of amides is 1. The minimum atomic E-state index is -0.659. The Labute approximate surface area is 175 Å². The standard InChI is InChI=1S/C22H26N4O4/c1-15-20(16(2)30-24-15)21(27)25(13-19-14-28-22(3,4)29-19)12-18-10-11-23-26(18)17-8-6-5-7-9-17/h5-11,19H,12-14H2,1-4H3/t19-/m0/s1. The second-order valence-electron chi connectivity index (χ2n) is 7.91. The SMILES string of the molecule is Cc1noc(C)c1C(=O)N(Cc1ccnn1-c1ccccc1)C[C@H]1COC(C)(C)O1. The lowest BCUT2D eigenvalue weighted by atomic mass is 10.1. The van der Waals surface area contributed by atoms with Crippen molar-refractivity contribution in [3.8, 4) is 5.69 Å². The van der Waals surface area contributed by atoms with E-state index in [0.29, 0.717) is 36.7 Å². The smallest absolute Gasteiger partial charge is 0.259 e. The van der Waals surface area contributed by atoms with Crippen LogP contribution in [0.4, 0.5) is 0 Å². The van der Waals surface area contributed by atoms with Gasteiger partial charge in [0.05, 0.1) is 36.8 Å². The molecule has 0 saturated carbocycles. The third-order valence-electron chi connectivity index (χ3n) is 5.10. The first-order valence-electron chi connectivity index (χ1n) is 9.96. The number of carbonyl (C=O) groups excluding carboxylic acids is 1. The predicted molar refractivity (Wildman–Crippen MR) is 109 cm³/mol. The molecule has 0 radical (unpaired) electrons. The number of aryl methyl sites for hydroxylation is 2. The maximum Gasteiger partial charge on any atom is 0.259 e. The lowest BCUT2D eigenvalue weighted by Crippen LogP contribution is -2.39. The Kier molecular flexibility index (Phi) is 5.44. The van der Waals surface area contributed by atoms with E-state index in [9.17, 15) is 4.79 Å². The third-order valence-corrected chi connectivity index (χ3v) is 5.10. The number of ether oxygens (including phenoxy) is 2. The van der Waals surface area contributed by atoms with Gasteiger partial charge < -0.3 is 18.9 Å². The summed E-state index contributed by atoms with van der Waals surface area (Å²) in [5, 5.41) is 8.38. The molecule has 3 aromatic rings. The van der Waals surface area contributed by atoms with E-state index in [1.165, 1.54) is 0 Å². The molecule has 1 saturated heterocycles. The summed E-state index contributed by atoms with van der Waals surface area (Å²) in [6.07, 6.45) is 1.51. The number of benzene rings is 1. The molecule has 2 aromatic heterocycles. The Morgan fingerprint density at radius 1 is 1.23 bits per heavy atom. The van der Waals surface area contributed by atoms with Crippen LogP contribution in [0.3, 0.4) is 0 Å². The molecule has 3 heterocycles. The highest BCUT2D eigenvalue weighted by molar-refractivity contribution is 5.96. The molecule has 1 aliphatic rings. The molecule has 0 aliphatic carbocycles. The summed E-state index contributed by atoms with van der Waals surface area (Å²) in [6, 6.07) is 11.7. The van der Waals surface area contributed by atoms with Gasteiger partial charge in [0, 0.05) is 6.20 Å². The van der Waals surface area contributed by atoms with Gasteiger partial charge in [-0.1, -0.05) is 23.4 Å². The number of nitrogens with zero attached hydrogens (tertiary/aromatic N) is 4. The van der Waals surface area contributed by atoms with Crippen molar-refractivity contribution in [2.75, 3.05) is 13.2 Å². The van der Waals surface area contributed by atoms with Crippen LogP contribution < -0.4 is 0 Å². The summed E-state index contributed by atoms with van der Waals surface area (Å²) in [5.41, 5.74) is 2.88. The van der Waals surface area contributed by atoms with E-state index in [1.807, 2.05) is 54.9 Å². The van der Waals surface area contributed by atoms with E-state index in [-0.39, 0.29) is 12.0 Å². The molecular weight excluding hydrogens is 384 g/mol. The zero-order valence-electron chi connectivity index (χ0n) is 17.7. The zero-order valence-corrected chi connectivity index (χ0v) is 17.7. The van der Waals surface area contributed by atoms with Crippen LogP contribution in [-0.4, -0.2) is 50.8 Å². The van der Waals surface area contributed by atoms with Gasteiger partial charge in [-0.25, -0.2) is 4.68 Å². The molecule has 1 fully saturated rings. The van der Waals surface area contributed by atoms with E-state index in [1.54, 1.807) is 24.9 Å². The van der Waals surface area contributed by atoms with Crippen LogP contribution in [0, 0.1) is 13.8 Å². The number of carbonyl (C=O) groups is 1. The van der Waals surface area contributed by atoms with Crippen LogP contribution in [0.25, 0.3) is 5.69 Å². The van der Waals surface area contributed by atoms with Crippen molar-refractivity contribution in [2.45, 2.75) is 46.1 Å². The first kappa shape index (κ1) is 20.3. The molecule has 0 unspecified atom stereocenters. The summed E-state index contributed by atoms with van der Waals surface area (Å²) in [4.78, 5) is 15.2. The van der Waals surface area contributed by atoms with Crippen LogP contribution in [0.1, 0.15) is 41.4 Å². The number of hydrogen-bond donors (Lipinski definition) is 0. The topological polar surface area (TPSA) is 82.6 Å². The highest BCUT2D eigenvalue weighted by atomic mass is 16.7. The maximum atomic E-state index is 13.5. The summed E-state index contributed by atoms with van der Waals surface area (Å²) < 4.78 is 18.7. The average Bonchev–Trinajstić information content (AvgIpc) is 3.41. The fourth-order valence-corrected chi connectivity index (χ4v) is 3.71. The molecule has 1 atom stereocenters. The Balaban J connectivity index is 1.63. The van der Waals surface area contributed by atoms with Crippen molar-refractivity contribution in [1.29, 1.82) is 0 Å². The van der Waals surface area contributed by atoms with Crippen LogP contribution in [0.2, 0.25) is 0 Å². The van der Waals surface area contributed by atoms with Crippen molar-refractivity contribution in [3.63, 3.8) is 0 Å². The predicted octanol–water partition coefficient (Wildman–Crippen LogP) is 3.27. The van der Waals surface area contributed by atoms with Crippen molar-refractivity contribution in [2.24, 2.45) is 0 Å². The van der Waals surface area contributed by atoms with Crippen LogP contribution in [0.15, 0.2) is 47.1 Å². The fraction of sp³-hybridized carbons (Fsp3) is 0.409. The van der Waals surface area contributed by atoms with Crippen LogP contribution >= 0.6 is 0 Å². The Hall–Kier alpha value is -2.97. The van der Waals surface area contributed by atoms with Crippen molar-refractivity contribution in [1.82, 2.24) is 19.8 Å². The molecule has 0 spiro atoms. The highest BCUT2D eigenvalue weighted by Gasteiger charge is 2.35. The van der Waals surface area contributed by atoms with Crippen molar-refractivity contribution in [3.05, 3.63) is 65.3 Å². The van der Waals surface area contributed by atoms with Gasteiger partial charge in [0.15, 0.2) is 5.79 Å². The summed E-state index contributed by atoms with van der Waals surface area (Å²) >= 11 is 0. The van der Waals surface area contributed by atoms with Crippen LogP contribution in [-0.2, 0) is 16.0 Å². The van der Waals surface area contributed by atoms with E-state index in [4.69, 9.17) is 14.0 Å². The molecule has 158 valence electrons. The van der Waals surface area contributed by atoms with Crippen molar-refractivity contribution < 1.29 is 18.8 Å². The second kappa shape index (κ2) is 8.04. The monoisotopic (exact) mass is 410 g/mol. The minimum absolute atomic E-state index is 0.152. The van der Waals surface area contributed by atoms with Gasteiger partial charge in [-0.15, -0.1) is 0 Å². The maximum absolute atomic E-state index is 13.5. The van der Waals surface area contributed by atoms with E-state index in [0.717, 1.165) is 11.4 Å². The molecule has 4 rings (SSSR count). The molecule has 30 heavy (non-hydrogen) atoms. The third kappa shape index (κ3) is 4.15. The fourth-order valence-electron chi connectivity index (χ4n) is 3.71. The first-order chi connectivity index (χ1) is 14.3. The summed E-state index contributed by atoms with van der Waals surface area (Å²) in [7, 11) is 0. The molecule has 1 amide bonds. The van der Waals surface area contributed by atoms with Gasteiger partial charge in [-0.05, 0) is 45.9 Å². The van der Waals surface area contributed by atoms with E-state index < -0.39 is 5.79 Å². The summed E-state index contributed by atoms with van der Waals surface area (Å²) in [5.74, 6) is -0.308. The van der Waals surface area contributed by atoms with E-state index in [2.05, 4.69) is 10.3 Å².